The van der Waals surface area contributed by atoms with E-state index in [1.165, 1.54) is 5.56 Å². The molecule has 120 valence electrons. The summed E-state index contributed by atoms with van der Waals surface area (Å²) in [4.78, 5) is 15.1. The highest BCUT2D eigenvalue weighted by atomic mass is 16.6. The average Bonchev–Trinajstić information content (AvgIpc) is 2.62. The topological polar surface area (TPSA) is 49.6 Å². The summed E-state index contributed by atoms with van der Waals surface area (Å²) in [5, 5.41) is 10.7. The van der Waals surface area contributed by atoms with Crippen LogP contribution in [0.25, 0.3) is 0 Å². The third-order valence-corrected chi connectivity index (χ3v) is 4.57. The number of nitro groups is 1. The Bertz CT molecular complexity index is 650. The van der Waals surface area contributed by atoms with Crippen LogP contribution in [-0.2, 0) is 0 Å². The van der Waals surface area contributed by atoms with Crippen LogP contribution in [-0.4, -0.2) is 36.0 Å². The minimum Gasteiger partial charge on any atom is -0.369 e. The minimum absolute atomic E-state index is 0.144. The zero-order valence-electron chi connectivity index (χ0n) is 13.3. The van der Waals surface area contributed by atoms with Crippen LogP contribution in [0.2, 0.25) is 0 Å². The molecule has 0 N–H and O–H groups in total. The molecular formula is C18H21N3O2. The summed E-state index contributed by atoms with van der Waals surface area (Å²) in [5.41, 5.74) is 2.55. The van der Waals surface area contributed by atoms with E-state index in [0.29, 0.717) is 6.04 Å². The third kappa shape index (κ3) is 3.51. The molecule has 0 aromatic heterocycles. The second kappa shape index (κ2) is 6.79. The van der Waals surface area contributed by atoms with E-state index in [1.807, 2.05) is 18.2 Å². The number of non-ortho nitro benzene ring substituents is 1. The van der Waals surface area contributed by atoms with E-state index < -0.39 is 0 Å². The Morgan fingerprint density at radius 1 is 0.957 bits per heavy atom. The zero-order valence-corrected chi connectivity index (χ0v) is 13.3. The summed E-state index contributed by atoms with van der Waals surface area (Å²) in [5.74, 6) is 0. The lowest BCUT2D eigenvalue weighted by atomic mass is 10.1. The zero-order chi connectivity index (χ0) is 16.2. The molecular weight excluding hydrogens is 290 g/mol. The van der Waals surface area contributed by atoms with Crippen LogP contribution in [0, 0.1) is 10.1 Å². The molecule has 0 unspecified atom stereocenters. The van der Waals surface area contributed by atoms with Gasteiger partial charge in [0.1, 0.15) is 0 Å². The van der Waals surface area contributed by atoms with Gasteiger partial charge in [-0.2, -0.15) is 0 Å². The van der Waals surface area contributed by atoms with Crippen molar-refractivity contribution in [3.8, 4) is 0 Å². The molecule has 0 radical (unpaired) electrons. The summed E-state index contributed by atoms with van der Waals surface area (Å²) in [6, 6.07) is 17.8. The maximum Gasteiger partial charge on any atom is 0.269 e. The lowest BCUT2D eigenvalue weighted by molar-refractivity contribution is -0.384. The molecule has 0 saturated carbocycles. The van der Waals surface area contributed by atoms with E-state index in [0.717, 1.165) is 31.9 Å². The van der Waals surface area contributed by atoms with Gasteiger partial charge >= 0.3 is 0 Å². The van der Waals surface area contributed by atoms with Crippen LogP contribution in [0.15, 0.2) is 54.6 Å². The molecule has 1 saturated heterocycles. The summed E-state index contributed by atoms with van der Waals surface area (Å²) in [7, 11) is 0. The van der Waals surface area contributed by atoms with E-state index >= 15 is 0 Å². The van der Waals surface area contributed by atoms with E-state index in [1.54, 1.807) is 12.1 Å². The van der Waals surface area contributed by atoms with Crippen molar-refractivity contribution in [1.82, 2.24) is 4.90 Å². The summed E-state index contributed by atoms with van der Waals surface area (Å²) >= 11 is 0. The van der Waals surface area contributed by atoms with Crippen LogP contribution in [0.5, 0.6) is 0 Å². The van der Waals surface area contributed by atoms with Crippen LogP contribution >= 0.6 is 0 Å². The molecule has 1 fully saturated rings. The number of anilines is 1. The van der Waals surface area contributed by atoms with Gasteiger partial charge in [-0.1, -0.05) is 30.3 Å². The maximum atomic E-state index is 10.7. The SMILES string of the molecule is C[C@H](c1ccccc1)N1CCN(c2ccc([N+](=O)[O-])cc2)CC1. The van der Waals surface area contributed by atoms with E-state index in [4.69, 9.17) is 0 Å². The number of piperazine rings is 1. The Morgan fingerprint density at radius 2 is 1.57 bits per heavy atom. The number of benzene rings is 2. The first-order valence-corrected chi connectivity index (χ1v) is 7.93. The van der Waals surface area contributed by atoms with Gasteiger partial charge in [-0.25, -0.2) is 0 Å². The highest BCUT2D eigenvalue weighted by Gasteiger charge is 2.22. The number of rotatable bonds is 4. The molecule has 23 heavy (non-hydrogen) atoms. The molecule has 0 spiro atoms. The van der Waals surface area contributed by atoms with Crippen molar-refractivity contribution in [3.05, 3.63) is 70.3 Å². The standard InChI is InChI=1S/C18H21N3O2/c1-15(16-5-3-2-4-6-16)19-11-13-20(14-12-19)17-7-9-18(10-8-17)21(22)23/h2-10,15H,11-14H2,1H3/t15-/m1/s1. The van der Waals surface area contributed by atoms with Crippen LogP contribution in [0.1, 0.15) is 18.5 Å². The highest BCUT2D eigenvalue weighted by Crippen LogP contribution is 2.24. The van der Waals surface area contributed by atoms with Gasteiger partial charge < -0.3 is 4.90 Å². The molecule has 3 rings (SSSR count). The van der Waals surface area contributed by atoms with Gasteiger partial charge in [-0.05, 0) is 24.6 Å². The molecule has 0 amide bonds. The predicted octanol–water partition coefficient (Wildman–Crippen LogP) is 3.48. The Morgan fingerprint density at radius 3 is 2.13 bits per heavy atom. The smallest absolute Gasteiger partial charge is 0.269 e. The summed E-state index contributed by atoms with van der Waals surface area (Å²) in [6.07, 6.45) is 0. The molecule has 0 bridgehead atoms. The first-order chi connectivity index (χ1) is 11.1. The molecule has 2 aromatic rings. The summed E-state index contributed by atoms with van der Waals surface area (Å²) < 4.78 is 0. The Kier molecular flexibility index (Phi) is 4.57. The van der Waals surface area contributed by atoms with Crippen molar-refractivity contribution in [2.75, 3.05) is 31.1 Å². The van der Waals surface area contributed by atoms with E-state index in [9.17, 15) is 10.1 Å². The van der Waals surface area contributed by atoms with E-state index in [-0.39, 0.29) is 10.6 Å². The lowest BCUT2D eigenvalue weighted by Crippen LogP contribution is -2.47. The molecule has 2 aromatic carbocycles. The van der Waals surface area contributed by atoms with Crippen LogP contribution in [0.3, 0.4) is 0 Å². The van der Waals surface area contributed by atoms with Gasteiger partial charge in [0, 0.05) is 50.0 Å². The highest BCUT2D eigenvalue weighted by molar-refractivity contribution is 5.51. The fourth-order valence-electron chi connectivity index (χ4n) is 3.09. The number of hydrogen-bond acceptors (Lipinski definition) is 4. The van der Waals surface area contributed by atoms with Crippen LogP contribution in [0.4, 0.5) is 11.4 Å². The molecule has 1 aliphatic rings. The van der Waals surface area contributed by atoms with Crippen LogP contribution < -0.4 is 4.90 Å². The Hall–Kier alpha value is -2.40. The van der Waals surface area contributed by atoms with Crippen molar-refractivity contribution >= 4 is 11.4 Å². The summed E-state index contributed by atoms with van der Waals surface area (Å²) in [6.45, 7) is 6.11. The first kappa shape index (κ1) is 15.5. The minimum atomic E-state index is -0.358. The average molecular weight is 311 g/mol. The van der Waals surface area contributed by atoms with Crippen molar-refractivity contribution in [2.24, 2.45) is 0 Å². The quantitative estimate of drug-likeness (QED) is 0.641. The van der Waals surface area contributed by atoms with Gasteiger partial charge in [0.2, 0.25) is 0 Å². The van der Waals surface area contributed by atoms with Gasteiger partial charge in [0.25, 0.3) is 5.69 Å². The van der Waals surface area contributed by atoms with E-state index in [2.05, 4.69) is 41.0 Å². The van der Waals surface area contributed by atoms with Gasteiger partial charge in [-0.3, -0.25) is 15.0 Å². The van der Waals surface area contributed by atoms with Crippen molar-refractivity contribution in [3.63, 3.8) is 0 Å². The van der Waals surface area contributed by atoms with Crippen molar-refractivity contribution < 1.29 is 4.92 Å². The molecule has 5 heteroatoms. The van der Waals surface area contributed by atoms with Crippen molar-refractivity contribution in [1.29, 1.82) is 0 Å². The molecule has 1 aliphatic heterocycles. The molecule has 5 nitrogen and oxygen atoms in total. The van der Waals surface area contributed by atoms with Gasteiger partial charge in [-0.15, -0.1) is 0 Å². The number of nitro benzene ring substituents is 1. The second-order valence-corrected chi connectivity index (χ2v) is 5.88. The second-order valence-electron chi connectivity index (χ2n) is 5.88. The number of nitrogens with zero attached hydrogens (tertiary/aromatic N) is 3. The van der Waals surface area contributed by atoms with Gasteiger partial charge in [0.15, 0.2) is 0 Å². The monoisotopic (exact) mass is 311 g/mol. The molecule has 1 atom stereocenters. The fourth-order valence-corrected chi connectivity index (χ4v) is 3.09. The normalized spacial score (nSPS) is 17.0. The van der Waals surface area contributed by atoms with Crippen molar-refractivity contribution in [2.45, 2.75) is 13.0 Å². The maximum absolute atomic E-state index is 10.7. The third-order valence-electron chi connectivity index (χ3n) is 4.57. The Labute approximate surface area is 136 Å². The van der Waals surface area contributed by atoms with Gasteiger partial charge in [0.05, 0.1) is 4.92 Å². The molecule has 0 aliphatic carbocycles. The predicted molar refractivity (Wildman–Crippen MR) is 91.7 cm³/mol. The largest absolute Gasteiger partial charge is 0.369 e. The lowest BCUT2D eigenvalue weighted by Gasteiger charge is -2.39. The fraction of sp³-hybridized carbons (Fsp3) is 0.333. The number of hydrogen-bond donors (Lipinski definition) is 0. The molecule has 1 heterocycles. The Balaban J connectivity index is 1.61. The first-order valence-electron chi connectivity index (χ1n) is 7.93.